The van der Waals surface area contributed by atoms with Crippen molar-refractivity contribution in [1.82, 2.24) is 9.78 Å². The van der Waals surface area contributed by atoms with Gasteiger partial charge in [0.1, 0.15) is 5.75 Å². The molecule has 28 heavy (non-hydrogen) atoms. The molecular formula is C18H20F3N3O4. The van der Waals surface area contributed by atoms with Gasteiger partial charge in [-0.3, -0.25) is 9.48 Å². The average Bonchev–Trinajstić information content (AvgIpc) is 2.85. The zero-order chi connectivity index (χ0) is 21.1. The normalized spacial score (nSPS) is 12.4. The molecular weight excluding hydrogens is 379 g/mol. The van der Waals surface area contributed by atoms with Crippen molar-refractivity contribution in [3.8, 4) is 5.75 Å². The number of ether oxygens (including phenoxy) is 2. The van der Waals surface area contributed by atoms with Gasteiger partial charge in [-0.2, -0.15) is 18.3 Å². The largest absolute Gasteiger partial charge is 0.482 e. The number of anilines is 1. The third-order valence-corrected chi connectivity index (χ3v) is 3.95. The number of rotatable bonds is 6. The van der Waals surface area contributed by atoms with Crippen molar-refractivity contribution in [3.05, 3.63) is 41.2 Å². The van der Waals surface area contributed by atoms with Crippen molar-refractivity contribution >= 4 is 17.6 Å². The molecule has 0 aliphatic carbocycles. The molecule has 1 aromatic carbocycles. The standard InChI is InChI=1S/C18H20F3N3O4/c1-10-16(11(2)24(4)23-10)22-17(26)12(3)28-15(25)9-27-14-7-5-6-13(8-14)18(19,20)21/h5-8,12H,9H2,1-4H3,(H,22,26)/t12-/m0/s1. The van der Waals surface area contributed by atoms with Gasteiger partial charge in [-0.25, -0.2) is 4.79 Å². The van der Waals surface area contributed by atoms with Gasteiger partial charge in [0.2, 0.25) is 0 Å². The zero-order valence-corrected chi connectivity index (χ0v) is 15.8. The fourth-order valence-corrected chi connectivity index (χ4v) is 2.37. The third kappa shape index (κ3) is 5.24. The SMILES string of the molecule is Cc1nn(C)c(C)c1NC(=O)[C@H](C)OC(=O)COc1cccc(C(F)(F)F)c1. The Hall–Kier alpha value is -3.04. The number of nitrogens with zero attached hydrogens (tertiary/aromatic N) is 2. The molecule has 1 atom stereocenters. The summed E-state index contributed by atoms with van der Waals surface area (Å²) in [4.78, 5) is 24.0. The highest BCUT2D eigenvalue weighted by atomic mass is 19.4. The molecule has 0 aliphatic heterocycles. The summed E-state index contributed by atoms with van der Waals surface area (Å²) in [5.41, 5.74) is 0.973. The van der Waals surface area contributed by atoms with E-state index in [1.165, 1.54) is 13.0 Å². The van der Waals surface area contributed by atoms with Gasteiger partial charge in [0, 0.05) is 7.05 Å². The van der Waals surface area contributed by atoms with E-state index in [1.54, 1.807) is 25.6 Å². The molecule has 152 valence electrons. The summed E-state index contributed by atoms with van der Waals surface area (Å²) in [6.45, 7) is 4.24. The number of alkyl halides is 3. The van der Waals surface area contributed by atoms with Crippen molar-refractivity contribution in [2.75, 3.05) is 11.9 Å². The number of nitrogens with one attached hydrogen (secondary N) is 1. The van der Waals surface area contributed by atoms with Gasteiger partial charge in [-0.15, -0.1) is 0 Å². The summed E-state index contributed by atoms with van der Waals surface area (Å²) in [5, 5.41) is 6.80. The van der Waals surface area contributed by atoms with Crippen LogP contribution in [-0.4, -0.2) is 34.4 Å². The Morgan fingerprint density at radius 3 is 2.54 bits per heavy atom. The van der Waals surface area contributed by atoms with Crippen LogP contribution in [0.2, 0.25) is 0 Å². The Balaban J connectivity index is 1.89. The van der Waals surface area contributed by atoms with Crippen molar-refractivity contribution < 1.29 is 32.2 Å². The number of hydrogen-bond acceptors (Lipinski definition) is 5. The highest BCUT2D eigenvalue weighted by molar-refractivity contribution is 5.96. The van der Waals surface area contributed by atoms with E-state index < -0.39 is 36.3 Å². The first-order valence-electron chi connectivity index (χ1n) is 8.29. The van der Waals surface area contributed by atoms with Crippen molar-refractivity contribution in [2.45, 2.75) is 33.1 Å². The predicted molar refractivity (Wildman–Crippen MR) is 93.8 cm³/mol. The fraction of sp³-hybridized carbons (Fsp3) is 0.389. The van der Waals surface area contributed by atoms with Crippen LogP contribution in [0, 0.1) is 13.8 Å². The molecule has 1 amide bonds. The second-order valence-electron chi connectivity index (χ2n) is 6.11. The number of aromatic nitrogens is 2. The molecule has 10 heteroatoms. The average molecular weight is 399 g/mol. The first-order valence-corrected chi connectivity index (χ1v) is 8.29. The lowest BCUT2D eigenvalue weighted by molar-refractivity contribution is -0.155. The van der Waals surface area contributed by atoms with E-state index in [0.29, 0.717) is 11.4 Å². The summed E-state index contributed by atoms with van der Waals surface area (Å²) in [6.07, 6.45) is -5.65. The number of halogens is 3. The van der Waals surface area contributed by atoms with E-state index >= 15 is 0 Å². The first kappa shape index (κ1) is 21.3. The Bertz CT molecular complexity index is 877. The Kier molecular flexibility index (Phi) is 6.32. The molecule has 0 unspecified atom stereocenters. The van der Waals surface area contributed by atoms with Crippen molar-refractivity contribution in [1.29, 1.82) is 0 Å². The minimum atomic E-state index is -4.52. The monoisotopic (exact) mass is 399 g/mol. The van der Waals surface area contributed by atoms with Crippen LogP contribution in [-0.2, 0) is 27.5 Å². The van der Waals surface area contributed by atoms with Crippen LogP contribution in [0.1, 0.15) is 23.9 Å². The van der Waals surface area contributed by atoms with Crippen LogP contribution in [0.25, 0.3) is 0 Å². The molecule has 1 N–H and O–H groups in total. The Morgan fingerprint density at radius 2 is 1.96 bits per heavy atom. The molecule has 7 nitrogen and oxygen atoms in total. The first-order chi connectivity index (χ1) is 13.0. The summed E-state index contributed by atoms with van der Waals surface area (Å²) in [6, 6.07) is 4.11. The van der Waals surface area contributed by atoms with Gasteiger partial charge in [-0.1, -0.05) is 6.07 Å². The van der Waals surface area contributed by atoms with E-state index in [2.05, 4.69) is 10.4 Å². The quantitative estimate of drug-likeness (QED) is 0.755. The summed E-state index contributed by atoms with van der Waals surface area (Å²) in [5.74, 6) is -1.59. The van der Waals surface area contributed by atoms with Crippen molar-refractivity contribution in [3.63, 3.8) is 0 Å². The van der Waals surface area contributed by atoms with Crippen molar-refractivity contribution in [2.24, 2.45) is 7.05 Å². The number of hydrogen-bond donors (Lipinski definition) is 1. The number of amides is 1. The molecule has 2 aromatic rings. The molecule has 1 aromatic heterocycles. The Morgan fingerprint density at radius 1 is 1.29 bits per heavy atom. The molecule has 0 spiro atoms. The summed E-state index contributed by atoms with van der Waals surface area (Å²) < 4.78 is 49.6. The van der Waals surface area contributed by atoms with Gasteiger partial charge in [0.15, 0.2) is 12.7 Å². The third-order valence-electron chi connectivity index (χ3n) is 3.95. The molecule has 0 saturated carbocycles. The number of carbonyl (C=O) groups excluding carboxylic acids is 2. The van der Waals surface area contributed by atoms with Crippen LogP contribution in [0.15, 0.2) is 24.3 Å². The summed E-state index contributed by atoms with van der Waals surface area (Å²) in [7, 11) is 1.73. The van der Waals surface area contributed by atoms with Crippen LogP contribution < -0.4 is 10.1 Å². The number of carbonyl (C=O) groups is 2. The highest BCUT2D eigenvalue weighted by Gasteiger charge is 2.30. The predicted octanol–water partition coefficient (Wildman–Crippen LogP) is 3.00. The molecule has 0 aliphatic rings. The fourth-order valence-electron chi connectivity index (χ4n) is 2.37. The van der Waals surface area contributed by atoms with Gasteiger partial charge < -0.3 is 14.8 Å². The molecule has 0 bridgehead atoms. The lowest BCUT2D eigenvalue weighted by Crippen LogP contribution is -2.32. The van der Waals surface area contributed by atoms with E-state index in [-0.39, 0.29) is 5.75 Å². The molecule has 0 saturated heterocycles. The van der Waals surface area contributed by atoms with E-state index in [9.17, 15) is 22.8 Å². The van der Waals surface area contributed by atoms with Crippen LogP contribution in [0.5, 0.6) is 5.75 Å². The maximum atomic E-state index is 12.7. The second kappa shape index (κ2) is 8.32. The minimum Gasteiger partial charge on any atom is -0.482 e. The maximum absolute atomic E-state index is 12.7. The van der Waals surface area contributed by atoms with Gasteiger partial charge in [-0.05, 0) is 39.0 Å². The van der Waals surface area contributed by atoms with Crippen LogP contribution in [0.3, 0.4) is 0 Å². The molecule has 0 radical (unpaired) electrons. The Labute approximate surface area is 159 Å². The number of aryl methyl sites for hydroxylation is 2. The lowest BCUT2D eigenvalue weighted by Gasteiger charge is -2.14. The lowest BCUT2D eigenvalue weighted by atomic mass is 10.2. The smallest absolute Gasteiger partial charge is 0.416 e. The zero-order valence-electron chi connectivity index (χ0n) is 15.8. The van der Waals surface area contributed by atoms with Gasteiger partial charge >= 0.3 is 12.1 Å². The minimum absolute atomic E-state index is 0.134. The topological polar surface area (TPSA) is 82.5 Å². The summed E-state index contributed by atoms with van der Waals surface area (Å²) >= 11 is 0. The highest BCUT2D eigenvalue weighted by Crippen LogP contribution is 2.31. The molecule has 2 rings (SSSR count). The van der Waals surface area contributed by atoms with Crippen LogP contribution >= 0.6 is 0 Å². The number of esters is 1. The van der Waals surface area contributed by atoms with E-state index in [0.717, 1.165) is 23.9 Å². The number of benzene rings is 1. The maximum Gasteiger partial charge on any atom is 0.416 e. The van der Waals surface area contributed by atoms with Gasteiger partial charge in [0.25, 0.3) is 5.91 Å². The van der Waals surface area contributed by atoms with E-state index in [1.807, 2.05) is 0 Å². The second-order valence-corrected chi connectivity index (χ2v) is 6.11. The van der Waals surface area contributed by atoms with Gasteiger partial charge in [0.05, 0.1) is 22.6 Å². The van der Waals surface area contributed by atoms with Crippen LogP contribution in [0.4, 0.5) is 18.9 Å². The molecule has 1 heterocycles. The van der Waals surface area contributed by atoms with E-state index in [4.69, 9.17) is 9.47 Å². The molecule has 0 fully saturated rings.